The van der Waals surface area contributed by atoms with Crippen LogP contribution in [0.25, 0.3) is 0 Å². The van der Waals surface area contributed by atoms with Crippen molar-refractivity contribution in [1.82, 2.24) is 5.32 Å². The van der Waals surface area contributed by atoms with Crippen LogP contribution in [0.3, 0.4) is 0 Å². The molecule has 0 aromatic heterocycles. The molecular formula is C16H22F3NO. The number of alkyl halides is 3. The van der Waals surface area contributed by atoms with Crippen molar-refractivity contribution in [3.05, 3.63) is 29.3 Å². The van der Waals surface area contributed by atoms with Gasteiger partial charge >= 0.3 is 6.18 Å². The minimum Gasteiger partial charge on any atom is -0.484 e. The number of hydrogen-bond acceptors (Lipinski definition) is 2. The Balaban J connectivity index is 2.15. The largest absolute Gasteiger partial charge is 0.484 e. The van der Waals surface area contributed by atoms with Crippen molar-refractivity contribution in [3.63, 3.8) is 0 Å². The fraction of sp³-hybridized carbons (Fsp3) is 0.625. The second-order valence-electron chi connectivity index (χ2n) is 5.70. The number of benzene rings is 1. The molecule has 1 saturated heterocycles. The molecule has 0 amide bonds. The van der Waals surface area contributed by atoms with Gasteiger partial charge in [-0.05, 0) is 55.0 Å². The van der Waals surface area contributed by atoms with Crippen LogP contribution in [-0.4, -0.2) is 25.9 Å². The predicted octanol–water partition coefficient (Wildman–Crippen LogP) is 3.90. The van der Waals surface area contributed by atoms with Gasteiger partial charge in [0.1, 0.15) is 5.75 Å². The maximum Gasteiger partial charge on any atom is 0.422 e. The van der Waals surface area contributed by atoms with Gasteiger partial charge in [0.25, 0.3) is 0 Å². The number of nitrogens with one attached hydrogen (secondary N) is 1. The van der Waals surface area contributed by atoms with Crippen LogP contribution in [0.2, 0.25) is 0 Å². The second-order valence-corrected chi connectivity index (χ2v) is 5.70. The lowest BCUT2D eigenvalue weighted by molar-refractivity contribution is -0.153. The van der Waals surface area contributed by atoms with E-state index in [1.165, 1.54) is 5.56 Å². The lowest BCUT2D eigenvalue weighted by atomic mass is 9.81. The van der Waals surface area contributed by atoms with Gasteiger partial charge in [-0.1, -0.05) is 26.0 Å². The highest BCUT2D eigenvalue weighted by molar-refractivity contribution is 5.39. The standard InChI is InChI=1S/C16H22F3NO/c1-3-12-8-13(14-6-7-20-9-11(14)2)4-5-15(12)21-10-16(17,18)19/h4-5,8,11,14,20H,3,6-7,9-10H2,1-2H3. The molecule has 1 fully saturated rings. The molecule has 0 spiro atoms. The van der Waals surface area contributed by atoms with E-state index < -0.39 is 12.8 Å². The van der Waals surface area contributed by atoms with Crippen molar-refractivity contribution in [1.29, 1.82) is 0 Å². The molecule has 1 aliphatic heterocycles. The molecule has 0 aliphatic carbocycles. The number of ether oxygens (including phenoxy) is 1. The molecule has 1 aromatic carbocycles. The van der Waals surface area contributed by atoms with E-state index in [4.69, 9.17) is 4.74 Å². The van der Waals surface area contributed by atoms with Crippen LogP contribution in [0.1, 0.15) is 37.3 Å². The van der Waals surface area contributed by atoms with Gasteiger partial charge in [0, 0.05) is 0 Å². The summed E-state index contributed by atoms with van der Waals surface area (Å²) in [5.41, 5.74) is 2.06. The van der Waals surface area contributed by atoms with Crippen LogP contribution in [0, 0.1) is 5.92 Å². The van der Waals surface area contributed by atoms with Gasteiger partial charge in [-0.25, -0.2) is 0 Å². The van der Waals surface area contributed by atoms with Gasteiger partial charge in [0.15, 0.2) is 6.61 Å². The van der Waals surface area contributed by atoms with E-state index >= 15 is 0 Å². The lowest BCUT2D eigenvalue weighted by Crippen LogP contribution is -2.33. The Morgan fingerprint density at radius 1 is 1.33 bits per heavy atom. The van der Waals surface area contributed by atoms with Gasteiger partial charge in [-0.3, -0.25) is 0 Å². The van der Waals surface area contributed by atoms with E-state index in [1.54, 1.807) is 6.07 Å². The average Bonchev–Trinajstić information content (AvgIpc) is 2.44. The van der Waals surface area contributed by atoms with Gasteiger partial charge in [-0.15, -0.1) is 0 Å². The summed E-state index contributed by atoms with van der Waals surface area (Å²) in [7, 11) is 0. The Kier molecular flexibility index (Phi) is 5.14. The van der Waals surface area contributed by atoms with Crippen molar-refractivity contribution in [2.24, 2.45) is 5.92 Å². The average molecular weight is 301 g/mol. The van der Waals surface area contributed by atoms with Crippen LogP contribution in [0.5, 0.6) is 5.75 Å². The summed E-state index contributed by atoms with van der Waals surface area (Å²) in [6.07, 6.45) is -2.57. The van der Waals surface area contributed by atoms with E-state index in [2.05, 4.69) is 12.2 Å². The van der Waals surface area contributed by atoms with Crippen LogP contribution in [0.15, 0.2) is 18.2 Å². The highest BCUT2D eigenvalue weighted by atomic mass is 19.4. The molecule has 1 heterocycles. The van der Waals surface area contributed by atoms with Crippen molar-refractivity contribution in [3.8, 4) is 5.75 Å². The summed E-state index contributed by atoms with van der Waals surface area (Å²) in [5.74, 6) is 1.35. The third-order valence-electron chi connectivity index (χ3n) is 4.07. The molecule has 2 unspecified atom stereocenters. The minimum atomic E-state index is -4.30. The zero-order valence-electron chi connectivity index (χ0n) is 12.5. The van der Waals surface area contributed by atoms with Gasteiger partial charge < -0.3 is 10.1 Å². The SMILES string of the molecule is CCc1cc(C2CCNCC2C)ccc1OCC(F)(F)F. The summed E-state index contributed by atoms with van der Waals surface area (Å²) in [4.78, 5) is 0. The zero-order chi connectivity index (χ0) is 15.5. The summed E-state index contributed by atoms with van der Waals surface area (Å²) < 4.78 is 41.7. The molecule has 5 heteroatoms. The van der Waals surface area contributed by atoms with E-state index in [9.17, 15) is 13.2 Å². The number of rotatable bonds is 4. The summed E-state index contributed by atoms with van der Waals surface area (Å²) in [5, 5.41) is 3.36. The molecule has 1 aliphatic rings. The van der Waals surface area contributed by atoms with Gasteiger partial charge in [-0.2, -0.15) is 13.2 Å². The number of piperidine rings is 1. The van der Waals surface area contributed by atoms with E-state index in [0.29, 0.717) is 24.0 Å². The molecular weight excluding hydrogens is 279 g/mol. The number of halogens is 3. The molecule has 0 radical (unpaired) electrons. The molecule has 0 bridgehead atoms. The Labute approximate surface area is 123 Å². The Hall–Kier alpha value is -1.23. The molecule has 1 aromatic rings. The molecule has 2 atom stereocenters. The van der Waals surface area contributed by atoms with Crippen LogP contribution < -0.4 is 10.1 Å². The molecule has 2 rings (SSSR count). The fourth-order valence-electron chi connectivity index (χ4n) is 2.92. The van der Waals surface area contributed by atoms with Crippen LogP contribution in [0.4, 0.5) is 13.2 Å². The van der Waals surface area contributed by atoms with E-state index in [1.807, 2.05) is 19.1 Å². The molecule has 2 nitrogen and oxygen atoms in total. The van der Waals surface area contributed by atoms with Crippen molar-refractivity contribution in [2.45, 2.75) is 38.8 Å². The highest BCUT2D eigenvalue weighted by Gasteiger charge is 2.29. The maximum atomic E-state index is 12.3. The first-order chi connectivity index (χ1) is 9.90. The summed E-state index contributed by atoms with van der Waals surface area (Å²) in [6.45, 7) is 4.88. The monoisotopic (exact) mass is 301 g/mol. The zero-order valence-corrected chi connectivity index (χ0v) is 12.5. The quantitative estimate of drug-likeness (QED) is 0.910. The Bertz CT molecular complexity index is 473. The first kappa shape index (κ1) is 16.1. The Morgan fingerprint density at radius 3 is 2.71 bits per heavy atom. The highest BCUT2D eigenvalue weighted by Crippen LogP contribution is 2.33. The lowest BCUT2D eigenvalue weighted by Gasteiger charge is -2.30. The molecule has 1 N–H and O–H groups in total. The third-order valence-corrected chi connectivity index (χ3v) is 4.07. The third kappa shape index (κ3) is 4.37. The molecule has 0 saturated carbocycles. The topological polar surface area (TPSA) is 21.3 Å². The maximum absolute atomic E-state index is 12.3. The van der Waals surface area contributed by atoms with Gasteiger partial charge in [0.05, 0.1) is 0 Å². The Morgan fingerprint density at radius 2 is 2.10 bits per heavy atom. The first-order valence-electron chi connectivity index (χ1n) is 7.43. The van der Waals surface area contributed by atoms with Crippen molar-refractivity contribution >= 4 is 0 Å². The van der Waals surface area contributed by atoms with Crippen LogP contribution in [-0.2, 0) is 6.42 Å². The second kappa shape index (κ2) is 6.69. The van der Waals surface area contributed by atoms with E-state index in [-0.39, 0.29) is 0 Å². The van der Waals surface area contributed by atoms with Crippen LogP contribution >= 0.6 is 0 Å². The van der Waals surface area contributed by atoms with E-state index in [0.717, 1.165) is 25.1 Å². The van der Waals surface area contributed by atoms with Crippen molar-refractivity contribution in [2.75, 3.05) is 19.7 Å². The molecule has 21 heavy (non-hydrogen) atoms. The predicted molar refractivity (Wildman–Crippen MR) is 76.8 cm³/mol. The fourth-order valence-corrected chi connectivity index (χ4v) is 2.92. The minimum absolute atomic E-state index is 0.347. The van der Waals surface area contributed by atoms with Gasteiger partial charge in [0.2, 0.25) is 0 Å². The molecule has 118 valence electrons. The number of hydrogen-bond donors (Lipinski definition) is 1. The summed E-state index contributed by atoms with van der Waals surface area (Å²) >= 11 is 0. The smallest absolute Gasteiger partial charge is 0.422 e. The normalized spacial score (nSPS) is 23.1. The first-order valence-corrected chi connectivity index (χ1v) is 7.43. The summed E-state index contributed by atoms with van der Waals surface area (Å²) in [6, 6.07) is 5.62. The number of aryl methyl sites for hydroxylation is 1. The van der Waals surface area contributed by atoms with Crippen molar-refractivity contribution < 1.29 is 17.9 Å².